The van der Waals surface area contributed by atoms with Crippen LogP contribution in [0.5, 0.6) is 5.75 Å². The van der Waals surface area contributed by atoms with E-state index in [1.807, 2.05) is 24.3 Å². The molecule has 0 spiro atoms. The van der Waals surface area contributed by atoms with Crippen LogP contribution in [0.1, 0.15) is 57.9 Å². The molecule has 4 N–H and O–H groups in total. The van der Waals surface area contributed by atoms with Crippen molar-refractivity contribution in [3.63, 3.8) is 0 Å². The second-order valence-electron chi connectivity index (χ2n) is 11.4. The Kier molecular flexibility index (Phi) is 8.77. The van der Waals surface area contributed by atoms with E-state index in [0.29, 0.717) is 17.5 Å². The Morgan fingerprint density at radius 3 is 2.51 bits per heavy atom. The Bertz CT molecular complexity index is 1500. The van der Waals surface area contributed by atoms with E-state index in [9.17, 15) is 33.4 Å². The highest BCUT2D eigenvalue weighted by molar-refractivity contribution is 5.97. The van der Waals surface area contributed by atoms with Crippen LogP contribution in [0.2, 0.25) is 0 Å². The molecule has 0 bridgehead atoms. The van der Waals surface area contributed by atoms with Crippen LogP contribution in [0, 0.1) is 6.92 Å². The molecule has 3 amide bonds. The predicted octanol–water partition coefficient (Wildman–Crippen LogP) is 3.83. The van der Waals surface area contributed by atoms with Gasteiger partial charge in [0, 0.05) is 17.5 Å². The van der Waals surface area contributed by atoms with Crippen LogP contribution in [-0.4, -0.2) is 63.5 Å². The SMILES string of the molecule is Cc1c(O)cccc1C(=O)N[C@@H](Cc1ccccc1)[C@H](O)C(=O)N1CC(F)(F)C[C@H]1C(=O)NC1CCCc2ccccc21. The van der Waals surface area contributed by atoms with Gasteiger partial charge in [0.2, 0.25) is 5.91 Å². The highest BCUT2D eigenvalue weighted by Gasteiger charge is 2.52. The normalized spacial score (nSPS) is 20.5. The van der Waals surface area contributed by atoms with Crippen molar-refractivity contribution in [2.24, 2.45) is 0 Å². The van der Waals surface area contributed by atoms with E-state index in [1.54, 1.807) is 37.3 Å². The lowest BCUT2D eigenvalue weighted by Gasteiger charge is -2.32. The summed E-state index contributed by atoms with van der Waals surface area (Å²) in [7, 11) is 0. The van der Waals surface area contributed by atoms with Crippen molar-refractivity contribution in [1.29, 1.82) is 0 Å². The first kappa shape index (κ1) is 30.2. The summed E-state index contributed by atoms with van der Waals surface area (Å²) >= 11 is 0. The minimum Gasteiger partial charge on any atom is -0.508 e. The average Bonchev–Trinajstić information content (AvgIpc) is 3.33. The van der Waals surface area contributed by atoms with Gasteiger partial charge in [-0.1, -0.05) is 60.7 Å². The summed E-state index contributed by atoms with van der Waals surface area (Å²) in [4.78, 5) is 41.1. The Morgan fingerprint density at radius 2 is 1.74 bits per heavy atom. The lowest BCUT2D eigenvalue weighted by atomic mass is 9.87. The number of hydrogen-bond acceptors (Lipinski definition) is 5. The summed E-state index contributed by atoms with van der Waals surface area (Å²) in [6.45, 7) is 0.526. The highest BCUT2D eigenvalue weighted by Crippen LogP contribution is 2.35. The number of likely N-dealkylation sites (tertiary alicyclic amines) is 1. The number of amides is 3. The maximum absolute atomic E-state index is 14.8. The van der Waals surface area contributed by atoms with E-state index < -0.39 is 54.8 Å². The van der Waals surface area contributed by atoms with Crippen LogP contribution in [0.4, 0.5) is 8.78 Å². The molecular weight excluding hydrogens is 556 g/mol. The molecule has 1 aliphatic heterocycles. The van der Waals surface area contributed by atoms with Crippen LogP contribution < -0.4 is 10.6 Å². The standard InChI is InChI=1S/C33H35F2N3O5/c1-20-23(14-8-16-28(20)39)30(41)37-26(17-21-9-3-2-4-10-21)29(40)32(43)38-19-33(34,35)18-27(38)31(42)36-25-15-7-12-22-11-5-6-13-24(22)25/h2-6,8-11,13-14,16,25-27,29,39-40H,7,12,15,17-19H2,1H3,(H,36,42)(H,37,41)/t25?,26-,27-,29-/m0/s1. The minimum atomic E-state index is -3.33. The quantitative estimate of drug-likeness (QED) is 0.318. The highest BCUT2D eigenvalue weighted by atomic mass is 19.3. The maximum atomic E-state index is 14.8. The Morgan fingerprint density at radius 1 is 1.02 bits per heavy atom. The monoisotopic (exact) mass is 591 g/mol. The van der Waals surface area contributed by atoms with Gasteiger partial charge in [-0.3, -0.25) is 14.4 Å². The van der Waals surface area contributed by atoms with Crippen molar-refractivity contribution >= 4 is 17.7 Å². The number of hydrogen-bond donors (Lipinski definition) is 4. The smallest absolute Gasteiger partial charge is 0.267 e. The Balaban J connectivity index is 1.37. The number of aryl methyl sites for hydroxylation is 1. The predicted molar refractivity (Wildman–Crippen MR) is 156 cm³/mol. The van der Waals surface area contributed by atoms with Crippen LogP contribution in [0.25, 0.3) is 0 Å². The van der Waals surface area contributed by atoms with Crippen molar-refractivity contribution in [2.45, 2.75) is 69.2 Å². The second kappa shape index (κ2) is 12.5. The van der Waals surface area contributed by atoms with E-state index >= 15 is 0 Å². The zero-order chi connectivity index (χ0) is 30.7. The molecule has 1 fully saturated rings. The molecule has 1 heterocycles. The van der Waals surface area contributed by atoms with Gasteiger partial charge in [-0.05, 0) is 61.4 Å². The molecule has 43 heavy (non-hydrogen) atoms. The molecule has 2 aliphatic rings. The topological polar surface area (TPSA) is 119 Å². The first-order valence-electron chi connectivity index (χ1n) is 14.4. The van der Waals surface area contributed by atoms with Gasteiger partial charge in [0.05, 0.1) is 18.6 Å². The van der Waals surface area contributed by atoms with E-state index in [-0.39, 0.29) is 23.8 Å². The average molecular weight is 592 g/mol. The van der Waals surface area contributed by atoms with Crippen LogP contribution in [0.15, 0.2) is 72.8 Å². The Labute approximate surface area is 248 Å². The van der Waals surface area contributed by atoms with Gasteiger partial charge in [-0.15, -0.1) is 0 Å². The molecule has 3 aromatic carbocycles. The molecular formula is C33H35F2N3O5. The lowest BCUT2D eigenvalue weighted by molar-refractivity contribution is -0.147. The summed E-state index contributed by atoms with van der Waals surface area (Å²) in [5.41, 5.74) is 3.14. The number of rotatable bonds is 8. The number of nitrogens with one attached hydrogen (secondary N) is 2. The molecule has 0 aromatic heterocycles. The van der Waals surface area contributed by atoms with E-state index in [2.05, 4.69) is 10.6 Å². The fourth-order valence-corrected chi connectivity index (χ4v) is 6.02. The van der Waals surface area contributed by atoms with Gasteiger partial charge in [0.15, 0.2) is 6.10 Å². The number of halogens is 2. The molecule has 1 saturated heterocycles. The van der Waals surface area contributed by atoms with Crippen LogP contribution >= 0.6 is 0 Å². The summed E-state index contributed by atoms with van der Waals surface area (Å²) < 4.78 is 29.5. The molecule has 5 rings (SSSR count). The Hall–Kier alpha value is -4.31. The second-order valence-corrected chi connectivity index (χ2v) is 11.4. The van der Waals surface area contributed by atoms with Crippen LogP contribution in [0.3, 0.4) is 0 Å². The van der Waals surface area contributed by atoms with Gasteiger partial charge in [0.25, 0.3) is 17.7 Å². The number of aliphatic hydroxyl groups excluding tert-OH is 1. The summed E-state index contributed by atoms with van der Waals surface area (Å²) in [5.74, 6) is -5.87. The summed E-state index contributed by atoms with van der Waals surface area (Å²) in [6, 6.07) is 17.8. The molecule has 0 radical (unpaired) electrons. The molecule has 10 heteroatoms. The summed E-state index contributed by atoms with van der Waals surface area (Å²) in [5, 5.41) is 26.9. The third-order valence-electron chi connectivity index (χ3n) is 8.34. The number of phenols is 1. The van der Waals surface area contributed by atoms with Crippen molar-refractivity contribution in [3.05, 3.63) is 101 Å². The van der Waals surface area contributed by atoms with Crippen molar-refractivity contribution in [2.75, 3.05) is 6.54 Å². The molecule has 1 unspecified atom stereocenters. The van der Waals surface area contributed by atoms with Crippen molar-refractivity contribution < 1.29 is 33.4 Å². The van der Waals surface area contributed by atoms with Gasteiger partial charge < -0.3 is 25.7 Å². The number of nitrogens with zero attached hydrogens (tertiary/aromatic N) is 1. The fraction of sp³-hybridized carbons (Fsp3) is 0.364. The number of alkyl halides is 2. The number of phenolic OH excluding ortho intramolecular Hbond substituents is 1. The van der Waals surface area contributed by atoms with Gasteiger partial charge in [-0.25, -0.2) is 8.78 Å². The number of carbonyl (C=O) groups excluding carboxylic acids is 3. The van der Waals surface area contributed by atoms with Crippen molar-refractivity contribution in [1.82, 2.24) is 15.5 Å². The van der Waals surface area contributed by atoms with E-state index in [0.717, 1.165) is 28.9 Å². The first-order chi connectivity index (χ1) is 20.5. The molecule has 1 aliphatic carbocycles. The molecule has 8 nitrogen and oxygen atoms in total. The van der Waals surface area contributed by atoms with Crippen LogP contribution in [-0.2, 0) is 22.4 Å². The molecule has 0 saturated carbocycles. The number of benzene rings is 3. The molecule has 4 atom stereocenters. The van der Waals surface area contributed by atoms with E-state index in [4.69, 9.17) is 0 Å². The summed E-state index contributed by atoms with van der Waals surface area (Å²) in [6.07, 6.45) is -0.467. The van der Waals surface area contributed by atoms with Gasteiger partial charge in [0.1, 0.15) is 11.8 Å². The minimum absolute atomic E-state index is 0.0112. The lowest BCUT2D eigenvalue weighted by Crippen LogP contribution is -2.56. The molecule has 3 aromatic rings. The molecule has 226 valence electrons. The fourth-order valence-electron chi connectivity index (χ4n) is 6.02. The zero-order valence-corrected chi connectivity index (χ0v) is 23.8. The number of carbonyl (C=O) groups is 3. The number of aromatic hydroxyl groups is 1. The van der Waals surface area contributed by atoms with Gasteiger partial charge >= 0.3 is 0 Å². The number of aliphatic hydroxyl groups is 1. The van der Waals surface area contributed by atoms with Gasteiger partial charge in [-0.2, -0.15) is 0 Å². The van der Waals surface area contributed by atoms with E-state index in [1.165, 1.54) is 18.2 Å². The third-order valence-corrected chi connectivity index (χ3v) is 8.34. The largest absolute Gasteiger partial charge is 0.508 e. The zero-order valence-electron chi connectivity index (χ0n) is 23.8. The first-order valence-corrected chi connectivity index (χ1v) is 14.4. The third kappa shape index (κ3) is 6.69. The van der Waals surface area contributed by atoms with Crippen molar-refractivity contribution in [3.8, 4) is 5.75 Å². The number of fused-ring (bicyclic) bond motifs is 1. The maximum Gasteiger partial charge on any atom is 0.267 e.